The van der Waals surface area contributed by atoms with Crippen molar-refractivity contribution in [3.05, 3.63) is 307 Å². The molecule has 0 saturated heterocycles. The Kier molecular flexibility index (Phi) is 10.2. The molecule has 0 fully saturated rings. The van der Waals surface area contributed by atoms with Crippen LogP contribution in [0.2, 0.25) is 0 Å². The fourth-order valence-electron chi connectivity index (χ4n) is 14.3. The molecule has 1 aromatic heterocycles. The molecule has 2 atom stereocenters. The molecule has 0 aliphatic heterocycles. The van der Waals surface area contributed by atoms with Gasteiger partial charge in [-0.3, -0.25) is 0 Å². The number of para-hydroxylation sites is 1. The summed E-state index contributed by atoms with van der Waals surface area (Å²) in [6.45, 7) is 2.18. The van der Waals surface area contributed by atoms with Crippen LogP contribution in [-0.4, -0.2) is 11.7 Å². The smallest absolute Gasteiger partial charge is 0.119 e. The molecule has 4 aliphatic rings. The normalized spacial score (nSPS) is 16.2. The molecule has 1 heterocycles. The maximum absolute atomic E-state index is 5.86. The summed E-state index contributed by atoms with van der Waals surface area (Å²) in [6.07, 6.45) is 20.9. The van der Waals surface area contributed by atoms with E-state index < -0.39 is 0 Å². The second-order valence-corrected chi connectivity index (χ2v) is 22.4. The fourth-order valence-corrected chi connectivity index (χ4v) is 14.3. The van der Waals surface area contributed by atoms with Crippen LogP contribution in [0, 0.1) is 18.8 Å². The Morgan fingerprint density at radius 3 is 1.83 bits per heavy atom. The van der Waals surface area contributed by atoms with Crippen LogP contribution in [0.1, 0.15) is 5.56 Å². The van der Waals surface area contributed by atoms with E-state index in [1.54, 1.807) is 7.11 Å². The number of aromatic nitrogens is 1. The van der Waals surface area contributed by atoms with Crippen LogP contribution in [0.15, 0.2) is 301 Å². The van der Waals surface area contributed by atoms with Crippen molar-refractivity contribution in [3.63, 3.8) is 0 Å². The van der Waals surface area contributed by atoms with Crippen LogP contribution in [0.3, 0.4) is 0 Å². The first-order valence-corrected chi connectivity index (χ1v) is 28.5. The van der Waals surface area contributed by atoms with Crippen molar-refractivity contribution in [2.24, 2.45) is 11.8 Å². The molecule has 2 unspecified atom stereocenters. The molecule has 0 amide bonds. The van der Waals surface area contributed by atoms with E-state index in [1.165, 1.54) is 98.0 Å². The second kappa shape index (κ2) is 18.1. The van der Waals surface area contributed by atoms with Crippen molar-refractivity contribution in [2.75, 3.05) is 16.9 Å². The van der Waals surface area contributed by atoms with Gasteiger partial charge in [-0.05, 0) is 174 Å². The number of anilines is 5. The largest absolute Gasteiger partial charge is 0.497 e. The number of aryl methyl sites for hydroxylation is 1. The predicted molar refractivity (Wildman–Crippen MR) is 345 cm³/mol. The summed E-state index contributed by atoms with van der Waals surface area (Å²) < 4.78 is 8.35. The van der Waals surface area contributed by atoms with Gasteiger partial charge in [0.05, 0.1) is 29.5 Å². The standard InChI is InChI=1S/C78H53N3O/c1-48-28-35-58(36-29-48)79(71-45-54-18-10-14-49-30-32-51-16-12-26-67(71)75(51)73(49)54)60-42-56(53-34-41-70-69(44-53)77-65-24-8-6-22-63(65)64-23-7-9-25-66(64)78(77)81(70)57-20-4-3-5-21-57)43-61(47-60)80(59-37-39-62(82-2)40-38-59)72-46-55-19-11-15-50-31-33-52-17-13-27-68(72)76(52)74(50)55/h3-47,74,76H,1-2H3. The fraction of sp³-hybridized carbons (Fsp3) is 0.0513. The molecule has 4 aliphatic carbocycles. The van der Waals surface area contributed by atoms with Crippen molar-refractivity contribution >= 4 is 104 Å². The summed E-state index contributed by atoms with van der Waals surface area (Å²) in [7, 11) is 1.74. The minimum atomic E-state index is 0.166. The summed E-state index contributed by atoms with van der Waals surface area (Å²) in [5.41, 5.74) is 18.7. The van der Waals surface area contributed by atoms with Crippen molar-refractivity contribution in [3.8, 4) is 22.6 Å². The number of fused-ring (bicyclic) bond motifs is 8. The lowest BCUT2D eigenvalue weighted by Crippen LogP contribution is -2.34. The molecular formula is C78H53N3O. The van der Waals surface area contributed by atoms with E-state index >= 15 is 0 Å². The van der Waals surface area contributed by atoms with Crippen molar-refractivity contribution < 1.29 is 4.74 Å². The average Bonchev–Trinajstić information content (AvgIpc) is 2.55. The second-order valence-electron chi connectivity index (χ2n) is 22.4. The molecule has 0 radical (unpaired) electrons. The molecule has 386 valence electrons. The predicted octanol–water partition coefficient (Wildman–Crippen LogP) is 20.6. The summed E-state index contributed by atoms with van der Waals surface area (Å²) >= 11 is 0. The molecule has 0 saturated carbocycles. The maximum Gasteiger partial charge on any atom is 0.119 e. The third-order valence-electron chi connectivity index (χ3n) is 17.9. The van der Waals surface area contributed by atoms with Crippen LogP contribution in [0.5, 0.6) is 5.75 Å². The van der Waals surface area contributed by atoms with Gasteiger partial charge < -0.3 is 19.1 Å². The number of hydrogen-bond acceptors (Lipinski definition) is 3. The van der Waals surface area contributed by atoms with Gasteiger partial charge in [-0.15, -0.1) is 0 Å². The molecule has 4 nitrogen and oxygen atoms in total. The van der Waals surface area contributed by atoms with Crippen molar-refractivity contribution in [1.82, 2.24) is 4.57 Å². The third-order valence-corrected chi connectivity index (χ3v) is 17.9. The first kappa shape index (κ1) is 46.5. The van der Waals surface area contributed by atoms with E-state index in [1.807, 2.05) is 0 Å². The first-order chi connectivity index (χ1) is 40.5. The van der Waals surface area contributed by atoms with Gasteiger partial charge in [0, 0.05) is 61.8 Å². The number of allylic oxidation sites excluding steroid dienone is 13. The van der Waals surface area contributed by atoms with Gasteiger partial charge in [0.25, 0.3) is 0 Å². The third kappa shape index (κ3) is 6.98. The molecule has 4 heteroatoms. The van der Waals surface area contributed by atoms with E-state index in [4.69, 9.17) is 4.74 Å². The van der Waals surface area contributed by atoms with Gasteiger partial charge in [-0.1, -0.05) is 188 Å². The topological polar surface area (TPSA) is 20.6 Å². The van der Waals surface area contributed by atoms with Crippen LogP contribution in [0.4, 0.5) is 28.4 Å². The molecule has 0 N–H and O–H groups in total. The van der Waals surface area contributed by atoms with Gasteiger partial charge in [0.2, 0.25) is 0 Å². The van der Waals surface area contributed by atoms with E-state index in [2.05, 4.69) is 294 Å². The monoisotopic (exact) mass is 1050 g/mol. The lowest BCUT2D eigenvalue weighted by molar-refractivity contribution is 0.415. The summed E-state index contributed by atoms with van der Waals surface area (Å²) in [5, 5.41) is 14.9. The Hall–Kier alpha value is -10.4. The Morgan fingerprint density at radius 1 is 0.415 bits per heavy atom. The SMILES string of the molecule is COc1ccc(N(C2=CC3=CC=CC4=CC=C5C=CC=C2C5C43)c2cc(-c3ccc4c(c3)c3c5ccccc5c5ccccc5c3n4-c3ccccc3)cc(N(c3ccc(C)cc3)c3cc4cccc5ccc6cccc3c6c54)c2)cc1. The van der Waals surface area contributed by atoms with Gasteiger partial charge in [-0.25, -0.2) is 0 Å². The van der Waals surface area contributed by atoms with E-state index in [0.717, 1.165) is 62.2 Å². The zero-order valence-electron chi connectivity index (χ0n) is 45.4. The van der Waals surface area contributed by atoms with Gasteiger partial charge in [0.1, 0.15) is 5.75 Å². The lowest BCUT2D eigenvalue weighted by Gasteiger charge is -2.44. The summed E-state index contributed by atoms with van der Waals surface area (Å²) in [4.78, 5) is 5.03. The highest BCUT2D eigenvalue weighted by atomic mass is 16.5. The molecule has 0 bridgehead atoms. The van der Waals surface area contributed by atoms with Gasteiger partial charge in [0.15, 0.2) is 0 Å². The Bertz CT molecular complexity index is 5080. The minimum Gasteiger partial charge on any atom is -0.497 e. The molecule has 12 aromatic carbocycles. The summed E-state index contributed by atoms with van der Waals surface area (Å²) in [5.74, 6) is 1.22. The highest BCUT2D eigenvalue weighted by Crippen LogP contribution is 2.55. The zero-order valence-corrected chi connectivity index (χ0v) is 45.4. The van der Waals surface area contributed by atoms with Gasteiger partial charge >= 0.3 is 0 Å². The van der Waals surface area contributed by atoms with Crippen LogP contribution in [0.25, 0.3) is 92.5 Å². The quantitative estimate of drug-likeness (QED) is 0.134. The van der Waals surface area contributed by atoms with Crippen LogP contribution >= 0.6 is 0 Å². The van der Waals surface area contributed by atoms with Crippen LogP contribution < -0.4 is 14.5 Å². The average molecular weight is 1050 g/mol. The number of methoxy groups -OCH3 is 1. The zero-order chi connectivity index (χ0) is 54.2. The van der Waals surface area contributed by atoms with E-state index in [9.17, 15) is 0 Å². The van der Waals surface area contributed by atoms with Crippen molar-refractivity contribution in [2.45, 2.75) is 6.92 Å². The number of rotatable bonds is 9. The number of ether oxygens (including phenoxy) is 1. The summed E-state index contributed by atoms with van der Waals surface area (Å²) in [6, 6.07) is 81.5. The molecule has 17 rings (SSSR count). The van der Waals surface area contributed by atoms with E-state index in [0.29, 0.717) is 0 Å². The molecule has 82 heavy (non-hydrogen) atoms. The van der Waals surface area contributed by atoms with E-state index in [-0.39, 0.29) is 11.8 Å². The molecule has 13 aromatic rings. The van der Waals surface area contributed by atoms with Gasteiger partial charge in [-0.2, -0.15) is 0 Å². The Morgan fingerprint density at radius 2 is 1.05 bits per heavy atom. The lowest BCUT2D eigenvalue weighted by atomic mass is 9.63. The Balaban J connectivity index is 0.988. The highest BCUT2D eigenvalue weighted by Gasteiger charge is 2.41. The number of nitrogens with zero attached hydrogens (tertiary/aromatic N) is 3. The number of benzene rings is 12. The Labute approximate surface area is 475 Å². The molecular weight excluding hydrogens is 995 g/mol. The minimum absolute atomic E-state index is 0.166. The molecule has 0 spiro atoms. The van der Waals surface area contributed by atoms with Crippen molar-refractivity contribution in [1.29, 1.82) is 0 Å². The maximum atomic E-state index is 5.86. The highest BCUT2D eigenvalue weighted by molar-refractivity contribution is 6.32. The first-order valence-electron chi connectivity index (χ1n) is 28.5. The number of hydrogen-bond donors (Lipinski definition) is 0. The van der Waals surface area contributed by atoms with Crippen LogP contribution in [-0.2, 0) is 0 Å².